The standard InChI is InChI=1S/C17H22N4O/c1-11-7-6-8-13(12(11)2)18-16(22)14-9-10-15(21-20-14)19-17(3,4)5/h6-10H,1-5H3,(H,18,22)(H,19,21). The summed E-state index contributed by atoms with van der Waals surface area (Å²) in [6, 6.07) is 9.23. The summed E-state index contributed by atoms with van der Waals surface area (Å²) in [5.74, 6) is 0.388. The molecule has 2 N–H and O–H groups in total. The van der Waals surface area contributed by atoms with Gasteiger partial charge >= 0.3 is 0 Å². The normalized spacial score (nSPS) is 11.1. The third kappa shape index (κ3) is 4.04. The number of carbonyl (C=O) groups excluding carboxylic acids is 1. The second kappa shape index (κ2) is 6.13. The molecule has 0 bridgehead atoms. The van der Waals surface area contributed by atoms with E-state index in [1.165, 1.54) is 0 Å². The zero-order chi connectivity index (χ0) is 16.3. The number of hydrogen-bond acceptors (Lipinski definition) is 4. The van der Waals surface area contributed by atoms with E-state index in [1.807, 2.05) is 52.8 Å². The van der Waals surface area contributed by atoms with Crippen LogP contribution in [0.15, 0.2) is 30.3 Å². The average Bonchev–Trinajstić information content (AvgIpc) is 2.43. The van der Waals surface area contributed by atoms with Gasteiger partial charge in [-0.1, -0.05) is 12.1 Å². The maximum atomic E-state index is 12.2. The van der Waals surface area contributed by atoms with E-state index >= 15 is 0 Å². The fourth-order valence-electron chi connectivity index (χ4n) is 1.98. The monoisotopic (exact) mass is 298 g/mol. The SMILES string of the molecule is Cc1cccc(NC(=O)c2ccc(NC(C)(C)C)nn2)c1C. The number of carbonyl (C=O) groups is 1. The van der Waals surface area contributed by atoms with Crippen LogP contribution in [0.1, 0.15) is 42.4 Å². The molecule has 0 unspecified atom stereocenters. The molecule has 1 aromatic carbocycles. The van der Waals surface area contributed by atoms with Crippen molar-refractivity contribution in [2.45, 2.75) is 40.2 Å². The first kappa shape index (κ1) is 15.9. The Morgan fingerprint density at radius 3 is 2.36 bits per heavy atom. The minimum Gasteiger partial charge on any atom is -0.364 e. The fourth-order valence-corrected chi connectivity index (χ4v) is 1.98. The van der Waals surface area contributed by atoms with E-state index in [4.69, 9.17) is 0 Å². The Hall–Kier alpha value is -2.43. The molecule has 0 aliphatic heterocycles. The van der Waals surface area contributed by atoms with Crippen molar-refractivity contribution in [2.75, 3.05) is 10.6 Å². The first-order valence-corrected chi connectivity index (χ1v) is 7.26. The van der Waals surface area contributed by atoms with E-state index in [-0.39, 0.29) is 11.4 Å². The molecule has 0 atom stereocenters. The Balaban J connectivity index is 2.12. The average molecular weight is 298 g/mol. The van der Waals surface area contributed by atoms with Crippen molar-refractivity contribution >= 4 is 17.4 Å². The fraction of sp³-hybridized carbons (Fsp3) is 0.353. The lowest BCUT2D eigenvalue weighted by molar-refractivity contribution is 0.102. The van der Waals surface area contributed by atoms with Crippen LogP contribution in [0.4, 0.5) is 11.5 Å². The van der Waals surface area contributed by atoms with Crippen LogP contribution in [0, 0.1) is 13.8 Å². The predicted octanol–water partition coefficient (Wildman–Crippen LogP) is 3.56. The number of hydrogen-bond donors (Lipinski definition) is 2. The summed E-state index contributed by atoms with van der Waals surface area (Å²) in [5.41, 5.74) is 3.17. The van der Waals surface area contributed by atoms with E-state index in [0.717, 1.165) is 16.8 Å². The molecule has 0 saturated carbocycles. The number of nitrogens with one attached hydrogen (secondary N) is 2. The maximum Gasteiger partial charge on any atom is 0.276 e. The molecule has 2 aromatic rings. The van der Waals surface area contributed by atoms with Crippen molar-refractivity contribution in [1.29, 1.82) is 0 Å². The second-order valence-corrected chi connectivity index (χ2v) is 6.38. The van der Waals surface area contributed by atoms with E-state index < -0.39 is 0 Å². The molecule has 116 valence electrons. The van der Waals surface area contributed by atoms with E-state index in [2.05, 4.69) is 20.8 Å². The highest BCUT2D eigenvalue weighted by Gasteiger charge is 2.13. The van der Waals surface area contributed by atoms with Gasteiger partial charge in [0, 0.05) is 11.2 Å². The Labute approximate surface area is 131 Å². The number of aromatic nitrogens is 2. The molecular weight excluding hydrogens is 276 g/mol. The summed E-state index contributed by atoms with van der Waals surface area (Å²) in [4.78, 5) is 12.2. The largest absolute Gasteiger partial charge is 0.364 e. The molecule has 5 heteroatoms. The van der Waals surface area contributed by atoms with Crippen LogP contribution in [-0.2, 0) is 0 Å². The molecule has 22 heavy (non-hydrogen) atoms. The second-order valence-electron chi connectivity index (χ2n) is 6.38. The third-order valence-electron chi connectivity index (χ3n) is 3.25. The van der Waals surface area contributed by atoms with Crippen molar-refractivity contribution in [1.82, 2.24) is 10.2 Å². The first-order chi connectivity index (χ1) is 10.3. The summed E-state index contributed by atoms with van der Waals surface area (Å²) in [6.07, 6.45) is 0. The lowest BCUT2D eigenvalue weighted by Gasteiger charge is -2.20. The van der Waals surface area contributed by atoms with E-state index in [1.54, 1.807) is 12.1 Å². The molecule has 0 aliphatic rings. The van der Waals surface area contributed by atoms with Crippen molar-refractivity contribution < 1.29 is 4.79 Å². The predicted molar refractivity (Wildman–Crippen MR) is 89.3 cm³/mol. The summed E-state index contributed by atoms with van der Waals surface area (Å²) in [7, 11) is 0. The van der Waals surface area contributed by atoms with Crippen molar-refractivity contribution in [3.8, 4) is 0 Å². The van der Waals surface area contributed by atoms with Crippen LogP contribution in [0.3, 0.4) is 0 Å². The Morgan fingerprint density at radius 2 is 1.77 bits per heavy atom. The highest BCUT2D eigenvalue weighted by Crippen LogP contribution is 2.18. The number of benzene rings is 1. The summed E-state index contributed by atoms with van der Waals surface area (Å²) in [5, 5.41) is 14.1. The van der Waals surface area contributed by atoms with Gasteiger partial charge in [-0.2, -0.15) is 0 Å². The van der Waals surface area contributed by atoms with Crippen LogP contribution in [0.25, 0.3) is 0 Å². The maximum absolute atomic E-state index is 12.2. The van der Waals surface area contributed by atoms with Gasteiger partial charge in [0.15, 0.2) is 5.69 Å². The lowest BCUT2D eigenvalue weighted by Crippen LogP contribution is -2.27. The number of anilines is 2. The van der Waals surface area contributed by atoms with Crippen LogP contribution < -0.4 is 10.6 Å². The van der Waals surface area contributed by atoms with Gasteiger partial charge < -0.3 is 10.6 Å². The minimum absolute atomic E-state index is 0.100. The van der Waals surface area contributed by atoms with Crippen LogP contribution in [0.5, 0.6) is 0 Å². The summed E-state index contributed by atoms with van der Waals surface area (Å²) >= 11 is 0. The zero-order valence-corrected chi connectivity index (χ0v) is 13.7. The van der Waals surface area contributed by atoms with Gasteiger partial charge in [-0.05, 0) is 63.9 Å². The number of rotatable bonds is 3. The number of aryl methyl sites for hydroxylation is 1. The van der Waals surface area contributed by atoms with Gasteiger partial charge in [0.2, 0.25) is 0 Å². The Kier molecular flexibility index (Phi) is 4.45. The van der Waals surface area contributed by atoms with E-state index in [0.29, 0.717) is 11.5 Å². The lowest BCUT2D eigenvalue weighted by atomic mass is 10.1. The topological polar surface area (TPSA) is 66.9 Å². The highest BCUT2D eigenvalue weighted by molar-refractivity contribution is 6.03. The highest BCUT2D eigenvalue weighted by atomic mass is 16.1. The number of amides is 1. The van der Waals surface area contributed by atoms with E-state index in [9.17, 15) is 4.79 Å². The number of nitrogens with zero attached hydrogens (tertiary/aromatic N) is 2. The third-order valence-corrected chi connectivity index (χ3v) is 3.25. The molecule has 1 amide bonds. The Morgan fingerprint density at radius 1 is 1.05 bits per heavy atom. The van der Waals surface area contributed by atoms with Crippen LogP contribution in [0.2, 0.25) is 0 Å². The molecule has 1 aromatic heterocycles. The van der Waals surface area contributed by atoms with Gasteiger partial charge in [-0.3, -0.25) is 4.79 Å². The molecule has 0 spiro atoms. The zero-order valence-electron chi connectivity index (χ0n) is 13.7. The molecule has 0 fully saturated rings. The van der Waals surface area contributed by atoms with Gasteiger partial charge in [0.25, 0.3) is 5.91 Å². The molecule has 0 aliphatic carbocycles. The molecule has 0 radical (unpaired) electrons. The Bertz CT molecular complexity index is 672. The van der Waals surface area contributed by atoms with Gasteiger partial charge in [0.1, 0.15) is 5.82 Å². The van der Waals surface area contributed by atoms with Crippen LogP contribution in [-0.4, -0.2) is 21.6 Å². The molecule has 0 saturated heterocycles. The van der Waals surface area contributed by atoms with Gasteiger partial charge in [-0.25, -0.2) is 0 Å². The molecule has 5 nitrogen and oxygen atoms in total. The molecule has 1 heterocycles. The van der Waals surface area contributed by atoms with Gasteiger partial charge in [-0.15, -0.1) is 10.2 Å². The molecule has 2 rings (SSSR count). The van der Waals surface area contributed by atoms with Crippen molar-refractivity contribution in [2.24, 2.45) is 0 Å². The van der Waals surface area contributed by atoms with Gasteiger partial charge in [0.05, 0.1) is 0 Å². The quantitative estimate of drug-likeness (QED) is 0.909. The first-order valence-electron chi connectivity index (χ1n) is 7.26. The van der Waals surface area contributed by atoms with Crippen LogP contribution >= 0.6 is 0 Å². The summed E-state index contributed by atoms with van der Waals surface area (Å²) < 4.78 is 0. The summed E-state index contributed by atoms with van der Waals surface area (Å²) in [6.45, 7) is 10.1. The smallest absolute Gasteiger partial charge is 0.276 e. The molecular formula is C17H22N4O. The van der Waals surface area contributed by atoms with Crippen molar-refractivity contribution in [3.63, 3.8) is 0 Å². The minimum atomic E-state index is -0.261. The van der Waals surface area contributed by atoms with Crippen molar-refractivity contribution in [3.05, 3.63) is 47.2 Å².